The van der Waals surface area contributed by atoms with Crippen molar-refractivity contribution >= 4 is 60.1 Å². The molecule has 0 amide bonds. The van der Waals surface area contributed by atoms with Crippen LogP contribution in [-0.2, 0) is 20.0 Å². The molecule has 0 rings (SSSR count). The van der Waals surface area contributed by atoms with Crippen molar-refractivity contribution in [3.63, 3.8) is 0 Å². The average Bonchev–Trinajstić information content (AvgIpc) is 2.01. The van der Waals surface area contributed by atoms with Crippen LogP contribution in [-0.4, -0.2) is 99.8 Å². The third-order valence-corrected chi connectivity index (χ3v) is 0.715. The Hall–Kier alpha value is -0.0103. The van der Waals surface area contributed by atoms with E-state index in [0.717, 1.165) is 0 Å². The monoisotopic (exact) mass is 320 g/mol. The molecule has 0 radical (unpaired) electrons. The fourth-order valence-corrected chi connectivity index (χ4v) is 0. The summed E-state index contributed by atoms with van der Waals surface area (Å²) >= 11 is 0. The fraction of sp³-hybridized carbons (Fsp3) is 0.667. The minimum atomic E-state index is -4.67. The third kappa shape index (κ3) is 56.3. The number of carboxylic acids is 2. The van der Waals surface area contributed by atoms with E-state index in [1.165, 1.54) is 13.8 Å². The van der Waals surface area contributed by atoms with E-state index in [4.69, 9.17) is 37.9 Å². The Morgan fingerprint density at radius 1 is 0.889 bits per heavy atom. The van der Waals surface area contributed by atoms with Crippen LogP contribution in [0.1, 0.15) is 13.8 Å². The zero-order valence-electron chi connectivity index (χ0n) is 8.88. The maximum atomic E-state index is 9.45. The summed E-state index contributed by atoms with van der Waals surface area (Å²) < 4.78 is 31.6. The zero-order valence-corrected chi connectivity index (χ0v) is 9.70. The molecule has 10 nitrogen and oxygen atoms in total. The second-order valence-corrected chi connectivity index (χ2v) is 3.37. The molecule has 0 aliphatic rings. The molecular weight excluding hydrogens is 304 g/mol. The Kier molecular flexibility index (Phi) is 19.8. The van der Waals surface area contributed by atoms with Crippen LogP contribution in [0.4, 0.5) is 0 Å². The first-order valence-corrected chi connectivity index (χ1v) is 5.20. The summed E-state index contributed by atoms with van der Waals surface area (Å²) in [6, 6.07) is 0. The van der Waals surface area contributed by atoms with Crippen molar-refractivity contribution in [1.82, 2.24) is 0 Å². The minimum absolute atomic E-state index is 0. The van der Waals surface area contributed by atoms with Gasteiger partial charge in [0.25, 0.3) is 0 Å². The van der Waals surface area contributed by atoms with E-state index in [-0.39, 0.29) is 37.7 Å². The van der Waals surface area contributed by atoms with E-state index in [1.807, 2.05) is 0 Å². The van der Waals surface area contributed by atoms with Crippen LogP contribution in [0, 0.1) is 0 Å². The van der Waals surface area contributed by atoms with Crippen LogP contribution in [0.2, 0.25) is 0 Å². The molecule has 0 aromatic heterocycles. The number of carbonyl (C=O) groups is 2. The van der Waals surface area contributed by atoms with Gasteiger partial charge in [0, 0.05) is 0 Å². The summed E-state index contributed by atoms with van der Waals surface area (Å²) in [6.07, 6.45) is -2.46. The average molecular weight is 320 g/mol. The molecule has 0 fully saturated rings. The summed E-state index contributed by atoms with van der Waals surface area (Å²) in [6.45, 7) is 2.39. The number of hydrogen-bond acceptors (Lipinski definition) is 6. The molecule has 0 aliphatic heterocycles. The van der Waals surface area contributed by atoms with Gasteiger partial charge in [-0.25, -0.2) is 9.59 Å². The number of aliphatic carboxylic acids is 2. The summed E-state index contributed by atoms with van der Waals surface area (Å²) in [5.41, 5.74) is 0. The quantitative estimate of drug-likeness (QED) is 0.231. The van der Waals surface area contributed by atoms with E-state index in [1.54, 1.807) is 0 Å². The van der Waals surface area contributed by atoms with Gasteiger partial charge < -0.3 is 20.4 Å². The van der Waals surface area contributed by atoms with E-state index in [2.05, 4.69) is 0 Å². The second kappa shape index (κ2) is 13.4. The molecule has 0 spiro atoms. The molecule has 0 aliphatic carbocycles. The van der Waals surface area contributed by atoms with Crippen molar-refractivity contribution in [3.8, 4) is 0 Å². The Morgan fingerprint density at radius 3 is 0.944 bits per heavy atom. The molecule has 0 aromatic rings. The number of aliphatic hydroxyl groups is 2. The van der Waals surface area contributed by atoms with Gasteiger partial charge in [0.2, 0.25) is 0 Å². The molecule has 12 heteroatoms. The molecule has 0 aromatic carbocycles. The van der Waals surface area contributed by atoms with Gasteiger partial charge in [0.15, 0.2) is 0 Å². The first kappa shape index (κ1) is 26.5. The molecule has 18 heavy (non-hydrogen) atoms. The predicted molar refractivity (Wildman–Crippen MR) is 61.4 cm³/mol. The van der Waals surface area contributed by atoms with Crippen molar-refractivity contribution in [2.45, 2.75) is 26.1 Å². The van der Waals surface area contributed by atoms with Crippen molar-refractivity contribution in [2.75, 3.05) is 0 Å². The SMILES string of the molecule is CC(O)C(=O)O.CC(O)C(=O)O.O=S(=O)(O)O.[CaH2]. The van der Waals surface area contributed by atoms with E-state index >= 15 is 0 Å². The Balaban J connectivity index is -0.0000000799. The first-order valence-electron chi connectivity index (χ1n) is 3.80. The number of carboxylic acid groups (broad SMARTS) is 2. The van der Waals surface area contributed by atoms with Crippen LogP contribution in [0.25, 0.3) is 0 Å². The summed E-state index contributed by atoms with van der Waals surface area (Å²) in [4.78, 5) is 18.9. The van der Waals surface area contributed by atoms with E-state index < -0.39 is 34.5 Å². The third-order valence-electron chi connectivity index (χ3n) is 0.715. The second-order valence-electron chi connectivity index (χ2n) is 2.48. The molecule has 6 N–H and O–H groups in total. The van der Waals surface area contributed by atoms with Crippen LogP contribution in [0.5, 0.6) is 0 Å². The summed E-state index contributed by atoms with van der Waals surface area (Å²) in [5, 5.41) is 31.5. The molecule has 0 bridgehead atoms. The molecule has 2 atom stereocenters. The van der Waals surface area contributed by atoms with Crippen LogP contribution >= 0.6 is 0 Å². The molecular formula is C6H16CaO10S. The van der Waals surface area contributed by atoms with Gasteiger partial charge >= 0.3 is 60.1 Å². The molecule has 0 saturated heterocycles. The van der Waals surface area contributed by atoms with Crippen molar-refractivity contribution < 1.29 is 47.5 Å². The Labute approximate surface area is 133 Å². The molecule has 2 unspecified atom stereocenters. The van der Waals surface area contributed by atoms with Crippen molar-refractivity contribution in [1.29, 1.82) is 0 Å². The van der Waals surface area contributed by atoms with Gasteiger partial charge in [-0.3, -0.25) is 9.11 Å². The standard InChI is InChI=1S/2C3H6O3.Ca.H2O4S.2H/c2*1-2(4)3(5)6;;1-5(2,3)4;;/h2*2,4H,1H3,(H,5,6);;(H2,1,2,3,4);;. The van der Waals surface area contributed by atoms with Crippen molar-refractivity contribution in [3.05, 3.63) is 0 Å². The van der Waals surface area contributed by atoms with Crippen LogP contribution in [0.15, 0.2) is 0 Å². The normalized spacial score (nSPS) is 12.3. The summed E-state index contributed by atoms with van der Waals surface area (Å²) in [5.74, 6) is -2.37. The van der Waals surface area contributed by atoms with Crippen molar-refractivity contribution in [2.24, 2.45) is 0 Å². The number of rotatable bonds is 2. The molecule has 0 saturated carbocycles. The van der Waals surface area contributed by atoms with Crippen LogP contribution in [0.3, 0.4) is 0 Å². The van der Waals surface area contributed by atoms with Crippen LogP contribution < -0.4 is 0 Å². The fourth-order valence-electron chi connectivity index (χ4n) is 0. The zero-order chi connectivity index (χ0) is 14.8. The number of hydrogen-bond donors (Lipinski definition) is 6. The molecule has 0 heterocycles. The van der Waals surface area contributed by atoms with Gasteiger partial charge in [0.05, 0.1) is 0 Å². The van der Waals surface area contributed by atoms with Gasteiger partial charge in [-0.2, -0.15) is 8.42 Å². The van der Waals surface area contributed by atoms with Gasteiger partial charge in [-0.05, 0) is 13.8 Å². The van der Waals surface area contributed by atoms with E-state index in [0.29, 0.717) is 0 Å². The first-order chi connectivity index (χ1) is 7.29. The number of aliphatic hydroxyl groups excluding tert-OH is 2. The van der Waals surface area contributed by atoms with E-state index in [9.17, 15) is 9.59 Å². The Morgan fingerprint density at radius 2 is 0.944 bits per heavy atom. The molecule has 108 valence electrons. The maximum absolute atomic E-state index is 9.45. The Bertz CT molecular complexity index is 295. The van der Waals surface area contributed by atoms with Gasteiger partial charge in [-0.1, -0.05) is 0 Å². The van der Waals surface area contributed by atoms with Gasteiger partial charge in [0.1, 0.15) is 12.2 Å². The predicted octanol–water partition coefficient (Wildman–Crippen LogP) is -2.67. The summed E-state index contributed by atoms with van der Waals surface area (Å²) in [7, 11) is -4.67. The van der Waals surface area contributed by atoms with Gasteiger partial charge in [-0.15, -0.1) is 0 Å². The topological polar surface area (TPSA) is 190 Å².